The molecule has 1 aliphatic heterocycles. The summed E-state index contributed by atoms with van der Waals surface area (Å²) >= 11 is 0. The number of fused-ring (bicyclic) bond motifs is 2. The number of benzene rings is 1. The Kier molecular flexibility index (Phi) is 4.16. The zero-order valence-electron chi connectivity index (χ0n) is 14.7. The van der Waals surface area contributed by atoms with Crippen LogP contribution in [0.15, 0.2) is 32.4 Å². The molecule has 3 heterocycles. The van der Waals surface area contributed by atoms with Gasteiger partial charge in [-0.05, 0) is 26.0 Å². The molecular formula is C17H17N3O6S. The molecule has 0 aliphatic carbocycles. The monoisotopic (exact) mass is 391 g/mol. The van der Waals surface area contributed by atoms with Crippen LogP contribution in [0.4, 0.5) is 0 Å². The molecule has 0 unspecified atom stereocenters. The molecule has 0 atom stereocenters. The number of ether oxygens (including phenoxy) is 2. The molecule has 27 heavy (non-hydrogen) atoms. The maximum Gasteiger partial charge on any atom is 0.252 e. The van der Waals surface area contributed by atoms with Crippen molar-refractivity contribution in [1.82, 2.24) is 14.9 Å². The van der Waals surface area contributed by atoms with Gasteiger partial charge in [0.05, 0.1) is 5.52 Å². The van der Waals surface area contributed by atoms with E-state index in [4.69, 9.17) is 14.0 Å². The molecule has 10 heteroatoms. The van der Waals surface area contributed by atoms with Gasteiger partial charge in [0, 0.05) is 23.6 Å². The number of hydrogen-bond acceptors (Lipinski definition) is 7. The highest BCUT2D eigenvalue weighted by Crippen LogP contribution is 2.33. The highest BCUT2D eigenvalue weighted by atomic mass is 32.2. The van der Waals surface area contributed by atoms with Crippen molar-refractivity contribution in [3.8, 4) is 11.5 Å². The molecule has 1 aliphatic rings. The molecule has 142 valence electrons. The molecule has 0 saturated heterocycles. The van der Waals surface area contributed by atoms with E-state index in [-0.39, 0.29) is 34.0 Å². The number of nitrogens with one attached hydrogen (secondary N) is 2. The van der Waals surface area contributed by atoms with Crippen LogP contribution in [0, 0.1) is 13.8 Å². The average molecular weight is 391 g/mol. The molecule has 0 amide bonds. The Labute approximate surface area is 154 Å². The second-order valence-corrected chi connectivity index (χ2v) is 7.89. The van der Waals surface area contributed by atoms with Gasteiger partial charge in [-0.2, -0.15) is 0 Å². The van der Waals surface area contributed by atoms with Gasteiger partial charge < -0.3 is 19.0 Å². The second kappa shape index (κ2) is 6.39. The quantitative estimate of drug-likeness (QED) is 0.689. The maximum absolute atomic E-state index is 12.5. The van der Waals surface area contributed by atoms with Crippen LogP contribution < -0.4 is 19.8 Å². The third-order valence-electron chi connectivity index (χ3n) is 4.27. The molecular weight excluding hydrogens is 374 g/mol. The summed E-state index contributed by atoms with van der Waals surface area (Å²) in [4.78, 5) is 15.1. The zero-order valence-corrected chi connectivity index (χ0v) is 15.5. The van der Waals surface area contributed by atoms with Crippen molar-refractivity contribution in [2.24, 2.45) is 0 Å². The Hall–Kier alpha value is -2.85. The Morgan fingerprint density at radius 1 is 1.15 bits per heavy atom. The van der Waals surface area contributed by atoms with Gasteiger partial charge in [-0.25, -0.2) is 13.1 Å². The summed E-state index contributed by atoms with van der Waals surface area (Å²) in [7, 11) is -3.86. The number of nitrogens with zero attached hydrogens (tertiary/aromatic N) is 1. The largest absolute Gasteiger partial charge is 0.486 e. The van der Waals surface area contributed by atoms with E-state index < -0.39 is 10.0 Å². The van der Waals surface area contributed by atoms with Gasteiger partial charge in [0.25, 0.3) is 5.56 Å². The second-order valence-electron chi connectivity index (χ2n) is 6.18. The van der Waals surface area contributed by atoms with Crippen molar-refractivity contribution in [3.05, 3.63) is 45.6 Å². The Bertz CT molecular complexity index is 1180. The van der Waals surface area contributed by atoms with E-state index >= 15 is 0 Å². The van der Waals surface area contributed by atoms with Crippen molar-refractivity contribution in [2.75, 3.05) is 13.2 Å². The van der Waals surface area contributed by atoms with Crippen molar-refractivity contribution in [3.63, 3.8) is 0 Å². The van der Waals surface area contributed by atoms with E-state index in [9.17, 15) is 13.2 Å². The number of sulfonamides is 1. The predicted molar refractivity (Wildman–Crippen MR) is 95.6 cm³/mol. The fourth-order valence-corrected chi connectivity index (χ4v) is 4.35. The van der Waals surface area contributed by atoms with E-state index in [0.29, 0.717) is 35.6 Å². The Balaban J connectivity index is 1.66. The fraction of sp³-hybridized carbons (Fsp3) is 0.294. The summed E-state index contributed by atoms with van der Waals surface area (Å²) in [6, 6.07) is 5.08. The van der Waals surface area contributed by atoms with Crippen molar-refractivity contribution in [1.29, 1.82) is 0 Å². The summed E-state index contributed by atoms with van der Waals surface area (Å²) in [5.74, 6) is 1.34. The molecule has 9 nitrogen and oxygen atoms in total. The molecule has 1 aromatic carbocycles. The number of H-pyrrole nitrogens is 1. The van der Waals surface area contributed by atoms with E-state index in [0.717, 1.165) is 0 Å². The third-order valence-corrected chi connectivity index (χ3v) is 5.92. The number of pyridine rings is 1. The van der Waals surface area contributed by atoms with E-state index in [1.807, 2.05) is 0 Å². The van der Waals surface area contributed by atoms with Crippen LogP contribution in [-0.4, -0.2) is 31.8 Å². The first-order chi connectivity index (χ1) is 12.8. The number of aromatic nitrogens is 2. The summed E-state index contributed by atoms with van der Waals surface area (Å²) in [6.07, 6.45) is 0. The summed E-state index contributed by atoms with van der Waals surface area (Å²) in [5.41, 5.74) is 0.730. The topological polar surface area (TPSA) is 124 Å². The number of rotatable bonds is 4. The van der Waals surface area contributed by atoms with Crippen LogP contribution in [0.3, 0.4) is 0 Å². The molecule has 0 fully saturated rings. The maximum atomic E-state index is 12.5. The van der Waals surface area contributed by atoms with Crippen molar-refractivity contribution in [2.45, 2.75) is 25.3 Å². The van der Waals surface area contributed by atoms with Gasteiger partial charge >= 0.3 is 0 Å². The van der Waals surface area contributed by atoms with Crippen LogP contribution in [0.1, 0.15) is 17.0 Å². The minimum atomic E-state index is -3.86. The van der Waals surface area contributed by atoms with Gasteiger partial charge in [0.1, 0.15) is 23.8 Å². The first kappa shape index (κ1) is 17.6. The van der Waals surface area contributed by atoms with Crippen LogP contribution in [0.5, 0.6) is 11.5 Å². The molecule has 0 saturated carbocycles. The number of hydrogen-bond donors (Lipinski definition) is 2. The van der Waals surface area contributed by atoms with Crippen LogP contribution in [-0.2, 0) is 16.6 Å². The van der Waals surface area contributed by atoms with Gasteiger partial charge in [0.15, 0.2) is 17.3 Å². The number of aromatic amines is 1. The third kappa shape index (κ3) is 3.17. The molecule has 2 aromatic heterocycles. The predicted octanol–water partition coefficient (Wildman–Crippen LogP) is 1.38. The SMILES string of the molecule is Cc1noc(C)c1S(=O)(=O)NCc1cc2cc3c(cc2[nH]c1=O)OCCO3. The van der Waals surface area contributed by atoms with Gasteiger partial charge in [-0.3, -0.25) is 4.79 Å². The highest BCUT2D eigenvalue weighted by Gasteiger charge is 2.24. The number of aryl methyl sites for hydroxylation is 2. The summed E-state index contributed by atoms with van der Waals surface area (Å²) in [6.45, 7) is 3.78. The fourth-order valence-electron chi connectivity index (χ4n) is 3.02. The Morgan fingerprint density at radius 2 is 1.85 bits per heavy atom. The smallest absolute Gasteiger partial charge is 0.252 e. The van der Waals surface area contributed by atoms with E-state index in [2.05, 4.69) is 14.9 Å². The van der Waals surface area contributed by atoms with Crippen molar-refractivity contribution >= 4 is 20.9 Å². The lowest BCUT2D eigenvalue weighted by atomic mass is 10.1. The van der Waals surface area contributed by atoms with Gasteiger partial charge in [0.2, 0.25) is 10.0 Å². The van der Waals surface area contributed by atoms with Crippen LogP contribution >= 0.6 is 0 Å². The molecule has 0 bridgehead atoms. The molecule has 0 radical (unpaired) electrons. The molecule has 0 spiro atoms. The lowest BCUT2D eigenvalue weighted by molar-refractivity contribution is 0.172. The molecule has 4 rings (SSSR count). The van der Waals surface area contributed by atoms with E-state index in [1.165, 1.54) is 6.92 Å². The average Bonchev–Trinajstić information content (AvgIpc) is 2.97. The lowest BCUT2D eigenvalue weighted by Gasteiger charge is -2.18. The molecule has 2 N–H and O–H groups in total. The summed E-state index contributed by atoms with van der Waals surface area (Å²) in [5, 5.41) is 4.36. The minimum absolute atomic E-state index is 0.0145. The van der Waals surface area contributed by atoms with E-state index in [1.54, 1.807) is 25.1 Å². The van der Waals surface area contributed by atoms with Crippen LogP contribution in [0.2, 0.25) is 0 Å². The first-order valence-electron chi connectivity index (χ1n) is 8.23. The summed E-state index contributed by atoms with van der Waals surface area (Å²) < 4.78 is 43.4. The highest BCUT2D eigenvalue weighted by molar-refractivity contribution is 7.89. The minimum Gasteiger partial charge on any atom is -0.486 e. The zero-order chi connectivity index (χ0) is 19.2. The Morgan fingerprint density at radius 3 is 2.52 bits per heavy atom. The van der Waals surface area contributed by atoms with Gasteiger partial charge in [-0.1, -0.05) is 5.16 Å². The first-order valence-corrected chi connectivity index (χ1v) is 9.71. The van der Waals surface area contributed by atoms with Crippen molar-refractivity contribution < 1.29 is 22.4 Å². The lowest BCUT2D eigenvalue weighted by Crippen LogP contribution is -2.27. The van der Waals surface area contributed by atoms with Gasteiger partial charge in [-0.15, -0.1) is 0 Å². The van der Waals surface area contributed by atoms with Crippen LogP contribution in [0.25, 0.3) is 10.9 Å². The normalized spacial score (nSPS) is 13.9. The molecule has 3 aromatic rings. The standard InChI is InChI=1S/C17H17N3O6S/c1-9-16(10(2)26-20-9)27(22,23)18-8-12-5-11-6-14-15(25-4-3-24-14)7-13(11)19-17(12)21/h5-7,18H,3-4,8H2,1-2H3,(H,19,21).